The quantitative estimate of drug-likeness (QED) is 0.0841. The SMILES string of the molecule is CCC(Oc1ccc(C(C)(C)CC)cc1C(C)(C)CC)C(=O)Nc1ccc(Cl)c(NC(=O)C(C(=O)C(C)(C)C)N2C(=O)C(C3CO3)N(Cc3ccccc3)C2=O)c1. The second-order valence-corrected chi connectivity index (χ2v) is 17.7. The number of amides is 5. The van der Waals surface area contributed by atoms with Crippen molar-refractivity contribution < 1.29 is 33.4 Å². The van der Waals surface area contributed by atoms with Gasteiger partial charge < -0.3 is 25.0 Å². The fourth-order valence-corrected chi connectivity index (χ4v) is 6.91. The van der Waals surface area contributed by atoms with Crippen LogP contribution in [0.15, 0.2) is 66.7 Å². The first kappa shape index (κ1) is 43.4. The van der Waals surface area contributed by atoms with Gasteiger partial charge in [-0.1, -0.05) is 123 Å². The average molecular weight is 801 g/mol. The van der Waals surface area contributed by atoms with Gasteiger partial charge in [0.1, 0.15) is 17.9 Å². The van der Waals surface area contributed by atoms with Gasteiger partial charge in [-0.15, -0.1) is 0 Å². The fraction of sp³-hybridized carbons (Fsp3) is 0.489. The van der Waals surface area contributed by atoms with E-state index in [1.54, 1.807) is 26.8 Å². The molecule has 0 saturated carbocycles. The maximum absolute atomic E-state index is 14.2. The van der Waals surface area contributed by atoms with E-state index in [9.17, 15) is 24.0 Å². The number of urea groups is 1. The Kier molecular flexibility index (Phi) is 12.9. The molecule has 0 bridgehead atoms. The van der Waals surface area contributed by atoms with Crippen molar-refractivity contribution in [3.8, 4) is 5.75 Å². The number of hydrogen-bond acceptors (Lipinski definition) is 7. The van der Waals surface area contributed by atoms with Crippen molar-refractivity contribution in [1.29, 1.82) is 0 Å². The number of nitrogens with zero attached hydrogens (tertiary/aromatic N) is 2. The summed E-state index contributed by atoms with van der Waals surface area (Å²) in [6, 6.07) is 16.3. The lowest BCUT2D eigenvalue weighted by molar-refractivity contribution is -0.144. The molecule has 3 aromatic rings. The number of ether oxygens (including phenoxy) is 2. The largest absolute Gasteiger partial charge is 0.480 e. The topological polar surface area (TPSA) is 138 Å². The van der Waals surface area contributed by atoms with Gasteiger partial charge in [0.25, 0.3) is 17.7 Å². The summed E-state index contributed by atoms with van der Waals surface area (Å²) in [7, 11) is 0. The normalized spacial score (nSPS) is 18.3. The number of benzene rings is 3. The minimum absolute atomic E-state index is 0.0311. The van der Waals surface area contributed by atoms with E-state index in [0.717, 1.165) is 28.9 Å². The number of Topliss-reactive ketones (excluding diaryl/α,β-unsaturated/α-hetero) is 1. The van der Waals surface area contributed by atoms with Gasteiger partial charge in [-0.3, -0.25) is 19.2 Å². The molecule has 11 nitrogen and oxygen atoms in total. The third-order valence-electron chi connectivity index (χ3n) is 11.4. The molecule has 2 aliphatic rings. The Morgan fingerprint density at radius 3 is 2.09 bits per heavy atom. The molecular weight excluding hydrogens is 744 g/mol. The molecule has 4 atom stereocenters. The molecule has 2 aliphatic heterocycles. The molecule has 5 amide bonds. The number of carbonyl (C=O) groups excluding carboxylic acids is 5. The Morgan fingerprint density at radius 1 is 0.860 bits per heavy atom. The maximum Gasteiger partial charge on any atom is 0.328 e. The van der Waals surface area contributed by atoms with Crippen LogP contribution in [-0.4, -0.2) is 70.2 Å². The number of carbonyl (C=O) groups is 5. The highest BCUT2D eigenvalue weighted by atomic mass is 35.5. The molecule has 0 aliphatic carbocycles. The van der Waals surface area contributed by atoms with Crippen LogP contribution >= 0.6 is 11.6 Å². The minimum atomic E-state index is -1.81. The summed E-state index contributed by atoms with van der Waals surface area (Å²) in [5.41, 5.74) is 2.02. The number of halogens is 1. The summed E-state index contributed by atoms with van der Waals surface area (Å²) in [5, 5.41) is 5.69. The van der Waals surface area contributed by atoms with Crippen LogP contribution in [0, 0.1) is 5.41 Å². The van der Waals surface area contributed by atoms with Crippen molar-refractivity contribution in [2.24, 2.45) is 5.41 Å². The highest BCUT2D eigenvalue weighted by molar-refractivity contribution is 6.34. The van der Waals surface area contributed by atoms with E-state index >= 15 is 0 Å². The van der Waals surface area contributed by atoms with Gasteiger partial charge in [-0.2, -0.15) is 0 Å². The molecule has 3 aromatic carbocycles. The van der Waals surface area contributed by atoms with Gasteiger partial charge >= 0.3 is 6.03 Å². The van der Waals surface area contributed by atoms with Gasteiger partial charge in [0.05, 0.1) is 17.3 Å². The third-order valence-corrected chi connectivity index (χ3v) is 11.7. The van der Waals surface area contributed by atoms with E-state index in [0.29, 0.717) is 17.9 Å². The molecule has 2 saturated heterocycles. The predicted octanol–water partition coefficient (Wildman–Crippen LogP) is 8.67. The lowest BCUT2D eigenvalue weighted by Gasteiger charge is -2.31. The van der Waals surface area contributed by atoms with E-state index in [1.807, 2.05) is 43.3 Å². The van der Waals surface area contributed by atoms with E-state index in [2.05, 4.69) is 64.3 Å². The molecule has 0 spiro atoms. The smallest absolute Gasteiger partial charge is 0.328 e. The molecule has 4 unspecified atom stereocenters. The average Bonchev–Trinajstić information content (AvgIpc) is 3.98. The lowest BCUT2D eigenvalue weighted by atomic mass is 9.76. The second-order valence-electron chi connectivity index (χ2n) is 17.3. The molecule has 0 radical (unpaired) electrons. The van der Waals surface area contributed by atoms with Crippen LogP contribution in [0.25, 0.3) is 0 Å². The highest BCUT2D eigenvalue weighted by Gasteiger charge is 2.58. The fourth-order valence-electron chi connectivity index (χ4n) is 6.75. The number of nitrogens with one attached hydrogen (secondary N) is 2. The zero-order chi connectivity index (χ0) is 42.0. The van der Waals surface area contributed by atoms with E-state index in [1.165, 1.54) is 22.6 Å². The van der Waals surface area contributed by atoms with Crippen molar-refractivity contribution in [2.45, 2.75) is 130 Å². The summed E-state index contributed by atoms with van der Waals surface area (Å²) >= 11 is 6.57. The molecule has 2 N–H and O–H groups in total. The molecule has 2 fully saturated rings. The van der Waals surface area contributed by atoms with Gasteiger partial charge in [0.2, 0.25) is 0 Å². The maximum atomic E-state index is 14.2. The van der Waals surface area contributed by atoms with Crippen LogP contribution in [0.4, 0.5) is 16.2 Å². The van der Waals surface area contributed by atoms with Crippen LogP contribution in [0.1, 0.15) is 105 Å². The van der Waals surface area contributed by atoms with Gasteiger partial charge in [-0.05, 0) is 65.5 Å². The number of imide groups is 1. The molecule has 2 heterocycles. The summed E-state index contributed by atoms with van der Waals surface area (Å²) < 4.78 is 11.9. The van der Waals surface area contributed by atoms with Crippen LogP contribution in [0.5, 0.6) is 5.75 Å². The molecule has 0 aromatic heterocycles. The van der Waals surface area contributed by atoms with E-state index in [-0.39, 0.29) is 34.7 Å². The van der Waals surface area contributed by atoms with Crippen molar-refractivity contribution in [3.63, 3.8) is 0 Å². The lowest BCUT2D eigenvalue weighted by Crippen LogP contribution is -2.55. The summed E-state index contributed by atoms with van der Waals surface area (Å²) in [4.78, 5) is 72.2. The first-order valence-electron chi connectivity index (χ1n) is 19.8. The second kappa shape index (κ2) is 17.0. The predicted molar refractivity (Wildman–Crippen MR) is 222 cm³/mol. The van der Waals surface area contributed by atoms with Crippen molar-refractivity contribution in [1.82, 2.24) is 9.80 Å². The number of anilines is 2. The van der Waals surface area contributed by atoms with E-state index < -0.39 is 59.2 Å². The van der Waals surface area contributed by atoms with Gasteiger partial charge in [0, 0.05) is 23.2 Å². The van der Waals surface area contributed by atoms with Crippen molar-refractivity contribution in [2.75, 3.05) is 17.2 Å². The number of rotatable bonds is 16. The Bertz CT molecular complexity index is 2000. The third kappa shape index (κ3) is 9.53. The Hall–Kier alpha value is -4.74. The molecular formula is C45H57ClN4O7. The Labute approximate surface area is 341 Å². The van der Waals surface area contributed by atoms with Crippen molar-refractivity contribution >= 4 is 52.5 Å². The Balaban J connectivity index is 1.39. The van der Waals surface area contributed by atoms with Crippen LogP contribution in [0.2, 0.25) is 5.02 Å². The summed E-state index contributed by atoms with van der Waals surface area (Å²) in [5.74, 6) is -2.02. The molecule has 5 rings (SSSR count). The van der Waals surface area contributed by atoms with Crippen LogP contribution in [-0.2, 0) is 41.3 Å². The Morgan fingerprint density at radius 2 is 1.51 bits per heavy atom. The number of epoxide rings is 1. The standard InChI is InChI=1S/C45H57ClN4O7/c1-11-33(57-34-22-19-28(44(7,8)12-2)23-30(34)45(9,10)13-3)39(52)47-29-20-21-31(46)32(24-29)48-40(53)37(38(51)43(4,5)6)50-41(54)36(35-26-56-35)49(42(50)55)25-27-17-15-14-16-18-27/h14-24,33,35-37H,11-13,25-26H2,1-10H3,(H,47,52)(H,48,53). The minimum Gasteiger partial charge on any atom is -0.480 e. The summed E-state index contributed by atoms with van der Waals surface area (Å²) in [6.07, 6.45) is 0.810. The van der Waals surface area contributed by atoms with Crippen LogP contribution < -0.4 is 15.4 Å². The highest BCUT2D eigenvalue weighted by Crippen LogP contribution is 2.39. The van der Waals surface area contributed by atoms with E-state index in [4.69, 9.17) is 21.1 Å². The zero-order valence-electron chi connectivity index (χ0n) is 34.8. The van der Waals surface area contributed by atoms with Gasteiger partial charge in [-0.25, -0.2) is 9.69 Å². The van der Waals surface area contributed by atoms with Crippen LogP contribution in [0.3, 0.4) is 0 Å². The first-order valence-corrected chi connectivity index (χ1v) is 20.2. The summed E-state index contributed by atoms with van der Waals surface area (Å²) in [6.45, 7) is 20.1. The molecule has 12 heteroatoms. The zero-order valence-corrected chi connectivity index (χ0v) is 35.6. The number of hydrogen-bond donors (Lipinski definition) is 2. The molecule has 306 valence electrons. The molecule has 57 heavy (non-hydrogen) atoms. The monoisotopic (exact) mass is 800 g/mol. The number of ketones is 1. The van der Waals surface area contributed by atoms with Gasteiger partial charge in [0.15, 0.2) is 17.9 Å². The van der Waals surface area contributed by atoms with Crippen molar-refractivity contribution in [3.05, 3.63) is 88.4 Å². The first-order chi connectivity index (χ1) is 26.7.